The van der Waals surface area contributed by atoms with Gasteiger partial charge in [-0.25, -0.2) is 0 Å². The summed E-state index contributed by atoms with van der Waals surface area (Å²) in [6.07, 6.45) is 6.23. The number of nitrogens with zero attached hydrogens (tertiary/aromatic N) is 2. The number of hydrogen-bond acceptors (Lipinski definition) is 4. The van der Waals surface area contributed by atoms with Crippen LogP contribution in [0.2, 0.25) is 0 Å². The second-order valence-electron chi connectivity index (χ2n) is 6.44. The van der Waals surface area contributed by atoms with Gasteiger partial charge in [-0.05, 0) is 52.5 Å². The average Bonchev–Trinajstić information content (AvgIpc) is 2.47. The molecule has 0 radical (unpaired) electrons. The summed E-state index contributed by atoms with van der Waals surface area (Å²) in [4.78, 5) is 28.6. The molecule has 0 spiro atoms. The summed E-state index contributed by atoms with van der Waals surface area (Å²) in [6, 6.07) is 0.369. The Morgan fingerprint density at radius 1 is 1.05 bits per heavy atom. The molecule has 0 bridgehead atoms. The Morgan fingerprint density at radius 2 is 1.71 bits per heavy atom. The number of carbonyl (C=O) groups is 2. The number of amides is 1. The van der Waals surface area contributed by atoms with E-state index in [9.17, 15) is 9.59 Å². The van der Waals surface area contributed by atoms with Crippen LogP contribution in [0.15, 0.2) is 0 Å². The molecule has 0 aromatic carbocycles. The van der Waals surface area contributed by atoms with Crippen LogP contribution in [-0.4, -0.2) is 60.0 Å². The molecule has 0 aromatic heterocycles. The molecule has 5 nitrogen and oxygen atoms in total. The molecule has 2 aliphatic rings. The zero-order valence-electron chi connectivity index (χ0n) is 13.5. The summed E-state index contributed by atoms with van der Waals surface area (Å²) in [6.45, 7) is 5.40. The van der Waals surface area contributed by atoms with E-state index in [1.54, 1.807) is 0 Å². The highest BCUT2D eigenvalue weighted by Crippen LogP contribution is 2.24. The number of likely N-dealkylation sites (tertiary alicyclic amines) is 2. The molecule has 0 aliphatic carbocycles. The van der Waals surface area contributed by atoms with Crippen molar-refractivity contribution in [2.75, 3.05) is 20.2 Å². The first-order valence-corrected chi connectivity index (χ1v) is 8.17. The van der Waals surface area contributed by atoms with Crippen LogP contribution < -0.4 is 0 Å². The van der Waals surface area contributed by atoms with Crippen molar-refractivity contribution >= 4 is 11.9 Å². The van der Waals surface area contributed by atoms with Gasteiger partial charge in [0.15, 0.2) is 0 Å². The van der Waals surface area contributed by atoms with E-state index in [1.807, 2.05) is 9.80 Å². The molecular weight excluding hydrogens is 268 g/mol. The maximum absolute atomic E-state index is 12.7. The van der Waals surface area contributed by atoms with Crippen molar-refractivity contribution in [1.29, 1.82) is 0 Å². The predicted octanol–water partition coefficient (Wildman–Crippen LogP) is 1.80. The molecule has 2 rings (SSSR count). The van der Waals surface area contributed by atoms with Crippen LogP contribution in [-0.2, 0) is 14.3 Å². The Labute approximate surface area is 127 Å². The van der Waals surface area contributed by atoms with Crippen LogP contribution in [0.5, 0.6) is 0 Å². The van der Waals surface area contributed by atoms with Crippen LogP contribution in [0.25, 0.3) is 0 Å². The van der Waals surface area contributed by atoms with E-state index >= 15 is 0 Å². The van der Waals surface area contributed by atoms with Crippen LogP contribution in [0.3, 0.4) is 0 Å². The summed E-state index contributed by atoms with van der Waals surface area (Å²) in [5.41, 5.74) is 0. The minimum absolute atomic E-state index is 0.158. The number of rotatable bonds is 3. The van der Waals surface area contributed by atoms with E-state index in [0.29, 0.717) is 18.6 Å². The van der Waals surface area contributed by atoms with E-state index in [1.165, 1.54) is 13.5 Å². The Kier molecular flexibility index (Phi) is 5.62. The molecule has 2 unspecified atom stereocenters. The van der Waals surface area contributed by atoms with Gasteiger partial charge in [-0.2, -0.15) is 0 Å². The summed E-state index contributed by atoms with van der Waals surface area (Å²) in [5.74, 6) is -0.0484. The smallest absolute Gasteiger partial charge is 0.323 e. The van der Waals surface area contributed by atoms with Gasteiger partial charge in [0.05, 0.1) is 13.7 Å². The van der Waals surface area contributed by atoms with Crippen molar-refractivity contribution in [3.05, 3.63) is 0 Å². The van der Waals surface area contributed by atoms with Crippen molar-refractivity contribution in [1.82, 2.24) is 9.80 Å². The van der Waals surface area contributed by atoms with Gasteiger partial charge >= 0.3 is 5.97 Å². The van der Waals surface area contributed by atoms with E-state index in [4.69, 9.17) is 4.74 Å². The third kappa shape index (κ3) is 3.76. The fourth-order valence-corrected chi connectivity index (χ4v) is 3.75. The number of hydrogen-bond donors (Lipinski definition) is 0. The quantitative estimate of drug-likeness (QED) is 0.745. The first-order chi connectivity index (χ1) is 10.0. The van der Waals surface area contributed by atoms with Gasteiger partial charge in [0.1, 0.15) is 6.04 Å². The molecule has 1 amide bonds. The Hall–Kier alpha value is -1.10. The Bertz CT molecular complexity index is 376. The van der Waals surface area contributed by atoms with Gasteiger partial charge in [-0.3, -0.25) is 14.5 Å². The molecule has 0 saturated carbocycles. The molecule has 0 N–H and O–H groups in total. The van der Waals surface area contributed by atoms with Crippen molar-refractivity contribution in [3.8, 4) is 0 Å². The summed E-state index contributed by atoms with van der Waals surface area (Å²) >= 11 is 0. The second-order valence-corrected chi connectivity index (χ2v) is 6.44. The fraction of sp³-hybridized carbons (Fsp3) is 0.875. The second kappa shape index (κ2) is 7.25. The Morgan fingerprint density at radius 3 is 2.33 bits per heavy atom. The van der Waals surface area contributed by atoms with Gasteiger partial charge in [0.2, 0.25) is 5.91 Å². The summed E-state index contributed by atoms with van der Waals surface area (Å²) in [5, 5.41) is 0. The number of ether oxygens (including phenoxy) is 1. The zero-order chi connectivity index (χ0) is 15.4. The first-order valence-electron chi connectivity index (χ1n) is 8.17. The van der Waals surface area contributed by atoms with E-state index < -0.39 is 0 Å². The highest BCUT2D eigenvalue weighted by Gasteiger charge is 2.34. The predicted molar refractivity (Wildman–Crippen MR) is 80.8 cm³/mol. The highest BCUT2D eigenvalue weighted by molar-refractivity contribution is 5.81. The molecule has 120 valence electrons. The minimum Gasteiger partial charge on any atom is -0.468 e. The molecule has 3 atom stereocenters. The molecular formula is C16H28N2O3. The van der Waals surface area contributed by atoms with Gasteiger partial charge in [-0.1, -0.05) is 6.42 Å². The fourth-order valence-electron chi connectivity index (χ4n) is 3.75. The lowest BCUT2D eigenvalue weighted by Crippen LogP contribution is -2.54. The van der Waals surface area contributed by atoms with E-state index in [2.05, 4.69) is 13.8 Å². The van der Waals surface area contributed by atoms with Crippen molar-refractivity contribution in [3.63, 3.8) is 0 Å². The highest BCUT2D eigenvalue weighted by atomic mass is 16.5. The van der Waals surface area contributed by atoms with Gasteiger partial charge in [-0.15, -0.1) is 0 Å². The van der Waals surface area contributed by atoms with Gasteiger partial charge in [0.25, 0.3) is 0 Å². The van der Waals surface area contributed by atoms with Crippen LogP contribution >= 0.6 is 0 Å². The molecule has 21 heavy (non-hydrogen) atoms. The molecule has 2 fully saturated rings. The van der Waals surface area contributed by atoms with E-state index in [-0.39, 0.29) is 17.9 Å². The summed E-state index contributed by atoms with van der Waals surface area (Å²) < 4.78 is 4.88. The maximum atomic E-state index is 12.7. The SMILES string of the molecule is COC(=O)[C@H]1CCCCN1CC(=O)N1C(C)CCCC1C. The molecule has 5 heteroatoms. The van der Waals surface area contributed by atoms with E-state index in [0.717, 1.165) is 38.6 Å². The summed E-state index contributed by atoms with van der Waals surface area (Å²) in [7, 11) is 1.42. The topological polar surface area (TPSA) is 49.9 Å². The average molecular weight is 296 g/mol. The van der Waals surface area contributed by atoms with Gasteiger partial charge < -0.3 is 9.64 Å². The molecule has 2 saturated heterocycles. The van der Waals surface area contributed by atoms with Crippen LogP contribution in [0.4, 0.5) is 0 Å². The zero-order valence-corrected chi connectivity index (χ0v) is 13.5. The standard InChI is InChI=1S/C16H28N2O3/c1-12-7-6-8-13(2)18(12)15(19)11-17-10-5-4-9-14(17)16(20)21-3/h12-14H,4-11H2,1-3H3/t12?,13?,14-/m1/s1. The lowest BCUT2D eigenvalue weighted by atomic mass is 9.97. The minimum atomic E-state index is -0.247. The molecule has 0 aromatic rings. The largest absolute Gasteiger partial charge is 0.468 e. The lowest BCUT2D eigenvalue weighted by molar-refractivity contribution is -0.150. The number of methoxy groups -OCH3 is 1. The van der Waals surface area contributed by atoms with Crippen LogP contribution in [0.1, 0.15) is 52.4 Å². The third-order valence-corrected chi connectivity index (χ3v) is 4.91. The lowest BCUT2D eigenvalue weighted by Gasteiger charge is -2.41. The third-order valence-electron chi connectivity index (χ3n) is 4.91. The maximum Gasteiger partial charge on any atom is 0.323 e. The molecule has 2 heterocycles. The van der Waals surface area contributed by atoms with Crippen molar-refractivity contribution in [2.24, 2.45) is 0 Å². The monoisotopic (exact) mass is 296 g/mol. The normalized spacial score (nSPS) is 31.0. The number of carbonyl (C=O) groups excluding carboxylic acids is 2. The number of piperidine rings is 2. The Balaban J connectivity index is 2.00. The molecule has 2 aliphatic heterocycles. The van der Waals surface area contributed by atoms with Crippen molar-refractivity contribution in [2.45, 2.75) is 70.5 Å². The number of esters is 1. The van der Waals surface area contributed by atoms with Gasteiger partial charge in [0, 0.05) is 12.1 Å². The first kappa shape index (κ1) is 16.3. The van der Waals surface area contributed by atoms with Crippen LogP contribution in [0, 0.1) is 0 Å². The van der Waals surface area contributed by atoms with Crippen molar-refractivity contribution < 1.29 is 14.3 Å².